The molecule has 0 unspecified atom stereocenters. The number of benzene rings is 1. The van der Waals surface area contributed by atoms with Crippen LogP contribution in [-0.2, 0) is 11.2 Å². The molecule has 22 heavy (non-hydrogen) atoms. The fourth-order valence-corrected chi connectivity index (χ4v) is 2.65. The average molecular weight is 317 g/mol. The van der Waals surface area contributed by atoms with Crippen LogP contribution in [0.15, 0.2) is 28.7 Å². The number of aromatic nitrogens is 1. The predicted octanol–water partition coefficient (Wildman–Crippen LogP) is 2.94. The second-order valence-corrected chi connectivity index (χ2v) is 6.06. The summed E-state index contributed by atoms with van der Waals surface area (Å²) in [5.74, 6) is -0.0565. The van der Waals surface area contributed by atoms with Crippen LogP contribution in [0.1, 0.15) is 35.2 Å². The minimum absolute atomic E-state index is 0.163. The number of hydrogen-bond donors (Lipinski definition) is 2. The SMILES string of the molecule is CC/C(=N\NC(=O)Cc1csc(C)n1)c1cc(C)ccc1O. The van der Waals surface area contributed by atoms with Gasteiger partial charge in [0.05, 0.1) is 22.8 Å². The zero-order chi connectivity index (χ0) is 16.1. The lowest BCUT2D eigenvalue weighted by molar-refractivity contribution is -0.120. The quantitative estimate of drug-likeness (QED) is 0.657. The lowest BCUT2D eigenvalue weighted by Crippen LogP contribution is -2.22. The highest BCUT2D eigenvalue weighted by Crippen LogP contribution is 2.20. The highest BCUT2D eigenvalue weighted by molar-refractivity contribution is 7.09. The summed E-state index contributed by atoms with van der Waals surface area (Å²) in [6.45, 7) is 5.77. The Hall–Kier alpha value is -2.21. The molecule has 0 saturated heterocycles. The van der Waals surface area contributed by atoms with Crippen LogP contribution in [0.25, 0.3) is 0 Å². The minimum Gasteiger partial charge on any atom is -0.507 e. The molecule has 1 aromatic carbocycles. The number of carbonyl (C=O) groups excluding carboxylic acids is 1. The van der Waals surface area contributed by atoms with E-state index in [0.717, 1.165) is 16.3 Å². The van der Waals surface area contributed by atoms with Crippen LogP contribution in [0.3, 0.4) is 0 Å². The van der Waals surface area contributed by atoms with Gasteiger partial charge in [0.15, 0.2) is 0 Å². The zero-order valence-electron chi connectivity index (χ0n) is 12.9. The lowest BCUT2D eigenvalue weighted by Gasteiger charge is -2.08. The molecule has 0 fully saturated rings. The summed E-state index contributed by atoms with van der Waals surface area (Å²) in [7, 11) is 0. The molecule has 0 aliphatic rings. The van der Waals surface area contributed by atoms with Gasteiger partial charge in [0.2, 0.25) is 5.91 Å². The number of aryl methyl sites for hydroxylation is 2. The van der Waals surface area contributed by atoms with Crippen molar-refractivity contribution in [2.45, 2.75) is 33.6 Å². The van der Waals surface area contributed by atoms with E-state index in [4.69, 9.17) is 0 Å². The smallest absolute Gasteiger partial charge is 0.246 e. The first-order chi connectivity index (χ1) is 10.5. The highest BCUT2D eigenvalue weighted by Gasteiger charge is 2.10. The van der Waals surface area contributed by atoms with Crippen molar-refractivity contribution in [1.82, 2.24) is 10.4 Å². The molecular formula is C16H19N3O2S. The molecule has 0 aliphatic carbocycles. The zero-order valence-corrected chi connectivity index (χ0v) is 13.7. The molecule has 2 rings (SSSR count). The number of nitrogens with one attached hydrogen (secondary N) is 1. The van der Waals surface area contributed by atoms with Crippen LogP contribution in [0.4, 0.5) is 0 Å². The van der Waals surface area contributed by atoms with Gasteiger partial charge in [0.25, 0.3) is 0 Å². The topological polar surface area (TPSA) is 74.6 Å². The number of phenolic OH excluding ortho intramolecular Hbond substituents is 1. The number of nitrogens with zero attached hydrogens (tertiary/aromatic N) is 2. The van der Waals surface area contributed by atoms with Crippen molar-refractivity contribution in [2.75, 3.05) is 0 Å². The highest BCUT2D eigenvalue weighted by atomic mass is 32.1. The van der Waals surface area contributed by atoms with Crippen LogP contribution >= 0.6 is 11.3 Å². The Kier molecular flexibility index (Phi) is 5.27. The molecule has 2 N–H and O–H groups in total. The second kappa shape index (κ2) is 7.17. The first-order valence-electron chi connectivity index (χ1n) is 7.06. The van der Waals surface area contributed by atoms with Crippen molar-refractivity contribution < 1.29 is 9.90 Å². The van der Waals surface area contributed by atoms with Gasteiger partial charge < -0.3 is 5.11 Å². The number of phenols is 1. The maximum Gasteiger partial charge on any atom is 0.246 e. The Labute approximate surface area is 133 Å². The van der Waals surface area contributed by atoms with E-state index >= 15 is 0 Å². The van der Waals surface area contributed by atoms with Gasteiger partial charge in [-0.25, -0.2) is 10.4 Å². The van der Waals surface area contributed by atoms with Crippen molar-refractivity contribution in [3.05, 3.63) is 45.4 Å². The lowest BCUT2D eigenvalue weighted by atomic mass is 10.0. The summed E-state index contributed by atoms with van der Waals surface area (Å²) in [6.07, 6.45) is 0.803. The number of amides is 1. The molecule has 0 saturated carbocycles. The Morgan fingerprint density at radius 3 is 2.82 bits per heavy atom. The van der Waals surface area contributed by atoms with Gasteiger partial charge >= 0.3 is 0 Å². The second-order valence-electron chi connectivity index (χ2n) is 5.00. The standard InChI is InChI=1S/C16H19N3O2S/c1-4-14(13-7-10(2)5-6-15(13)20)18-19-16(21)8-12-9-22-11(3)17-12/h5-7,9,20H,4,8H2,1-3H3,(H,19,21)/b18-14+. The van der Waals surface area contributed by atoms with E-state index in [-0.39, 0.29) is 18.1 Å². The normalized spacial score (nSPS) is 11.5. The van der Waals surface area contributed by atoms with Gasteiger partial charge in [-0.3, -0.25) is 4.79 Å². The van der Waals surface area contributed by atoms with Crippen LogP contribution in [0.2, 0.25) is 0 Å². The summed E-state index contributed by atoms with van der Waals surface area (Å²) in [4.78, 5) is 16.2. The molecular weight excluding hydrogens is 298 g/mol. The summed E-state index contributed by atoms with van der Waals surface area (Å²) in [5.41, 5.74) is 5.60. The number of hydrogen-bond acceptors (Lipinski definition) is 5. The first-order valence-corrected chi connectivity index (χ1v) is 7.94. The van der Waals surface area contributed by atoms with Crippen LogP contribution in [0, 0.1) is 13.8 Å². The number of aromatic hydroxyl groups is 1. The predicted molar refractivity (Wildman–Crippen MR) is 88.4 cm³/mol. The van der Waals surface area contributed by atoms with Crippen molar-refractivity contribution >= 4 is 23.0 Å². The Morgan fingerprint density at radius 2 is 2.18 bits per heavy atom. The molecule has 1 heterocycles. The van der Waals surface area contributed by atoms with E-state index in [2.05, 4.69) is 15.5 Å². The van der Waals surface area contributed by atoms with Gasteiger partial charge in [-0.1, -0.05) is 18.6 Å². The maximum absolute atomic E-state index is 11.9. The number of hydrazone groups is 1. The van der Waals surface area contributed by atoms with E-state index in [9.17, 15) is 9.90 Å². The molecule has 0 spiro atoms. The molecule has 0 radical (unpaired) electrons. The summed E-state index contributed by atoms with van der Waals surface area (Å²) >= 11 is 1.52. The molecule has 1 amide bonds. The third-order valence-electron chi connectivity index (χ3n) is 3.12. The monoisotopic (exact) mass is 317 g/mol. The maximum atomic E-state index is 11.9. The van der Waals surface area contributed by atoms with Gasteiger partial charge in [0, 0.05) is 10.9 Å². The molecule has 0 bridgehead atoms. The summed E-state index contributed by atoms with van der Waals surface area (Å²) in [6, 6.07) is 5.32. The third-order valence-corrected chi connectivity index (χ3v) is 3.94. The molecule has 0 atom stereocenters. The van der Waals surface area contributed by atoms with E-state index in [0.29, 0.717) is 17.7 Å². The van der Waals surface area contributed by atoms with E-state index < -0.39 is 0 Å². The van der Waals surface area contributed by atoms with E-state index in [1.54, 1.807) is 6.07 Å². The average Bonchev–Trinajstić information content (AvgIpc) is 2.88. The summed E-state index contributed by atoms with van der Waals surface area (Å²) in [5, 5.41) is 16.9. The minimum atomic E-state index is -0.219. The number of rotatable bonds is 5. The molecule has 6 heteroatoms. The molecule has 2 aromatic rings. The fraction of sp³-hybridized carbons (Fsp3) is 0.312. The van der Waals surface area contributed by atoms with Crippen molar-refractivity contribution in [3.8, 4) is 5.75 Å². The first kappa shape index (κ1) is 16.2. The van der Waals surface area contributed by atoms with Gasteiger partial charge in [-0.2, -0.15) is 5.10 Å². The Morgan fingerprint density at radius 1 is 1.41 bits per heavy atom. The number of carbonyl (C=O) groups is 1. The fourth-order valence-electron chi connectivity index (χ4n) is 2.03. The van der Waals surface area contributed by atoms with E-state index in [1.807, 2.05) is 38.3 Å². The summed E-state index contributed by atoms with van der Waals surface area (Å²) < 4.78 is 0. The molecule has 1 aromatic heterocycles. The molecule has 5 nitrogen and oxygen atoms in total. The Balaban J connectivity index is 2.09. The molecule has 0 aliphatic heterocycles. The number of thiazole rings is 1. The van der Waals surface area contributed by atoms with Crippen molar-refractivity contribution in [2.24, 2.45) is 5.10 Å². The Bertz CT molecular complexity index is 707. The van der Waals surface area contributed by atoms with Gasteiger partial charge in [-0.15, -0.1) is 11.3 Å². The van der Waals surface area contributed by atoms with Crippen molar-refractivity contribution in [3.63, 3.8) is 0 Å². The van der Waals surface area contributed by atoms with Gasteiger partial charge in [-0.05, 0) is 32.4 Å². The van der Waals surface area contributed by atoms with Crippen LogP contribution in [-0.4, -0.2) is 21.7 Å². The molecule has 116 valence electrons. The van der Waals surface area contributed by atoms with E-state index in [1.165, 1.54) is 11.3 Å². The van der Waals surface area contributed by atoms with Crippen LogP contribution < -0.4 is 5.43 Å². The largest absolute Gasteiger partial charge is 0.507 e. The van der Waals surface area contributed by atoms with Crippen molar-refractivity contribution in [1.29, 1.82) is 0 Å². The van der Waals surface area contributed by atoms with Gasteiger partial charge in [0.1, 0.15) is 5.75 Å². The van der Waals surface area contributed by atoms with Crippen LogP contribution in [0.5, 0.6) is 5.75 Å². The third kappa shape index (κ3) is 4.14.